The van der Waals surface area contributed by atoms with Crippen molar-refractivity contribution in [1.82, 2.24) is 4.98 Å². The van der Waals surface area contributed by atoms with Crippen LogP contribution in [-0.4, -0.2) is 4.98 Å². The van der Waals surface area contributed by atoms with Crippen LogP contribution in [-0.2, 0) is 6.42 Å². The first-order valence-electron chi connectivity index (χ1n) is 5.49. The minimum Gasteiger partial charge on any atom is -0.324 e. The fraction of sp³-hybridized carbons (Fsp3) is 0.214. The molecule has 0 bridgehead atoms. The van der Waals surface area contributed by atoms with E-state index < -0.39 is 0 Å². The van der Waals surface area contributed by atoms with Gasteiger partial charge in [-0.05, 0) is 42.2 Å². The third-order valence-electron chi connectivity index (χ3n) is 2.66. The molecule has 2 aromatic rings. The molecule has 0 radical (unpaired) electrons. The van der Waals surface area contributed by atoms with Gasteiger partial charge in [0, 0.05) is 18.4 Å². The van der Waals surface area contributed by atoms with Crippen molar-refractivity contribution in [2.75, 3.05) is 0 Å². The van der Waals surface area contributed by atoms with E-state index in [0.29, 0.717) is 0 Å². The summed E-state index contributed by atoms with van der Waals surface area (Å²) < 4.78 is 0. The molecule has 0 aliphatic carbocycles. The highest BCUT2D eigenvalue weighted by atomic mass is 14.6. The van der Waals surface area contributed by atoms with E-state index in [9.17, 15) is 0 Å². The number of hydrogen-bond acceptors (Lipinski definition) is 2. The van der Waals surface area contributed by atoms with Crippen LogP contribution in [0.25, 0.3) is 0 Å². The Balaban J connectivity index is 2.11. The second-order valence-corrected chi connectivity index (χ2v) is 4.06. The second kappa shape index (κ2) is 4.90. The molecule has 0 saturated carbocycles. The molecule has 0 saturated heterocycles. The molecule has 2 N–H and O–H groups in total. The maximum absolute atomic E-state index is 5.81. The molecule has 1 aromatic carbocycles. The summed E-state index contributed by atoms with van der Waals surface area (Å²) in [4.78, 5) is 4.01. The van der Waals surface area contributed by atoms with Crippen LogP contribution in [0.5, 0.6) is 0 Å². The molecule has 82 valence electrons. The average molecular weight is 212 g/mol. The van der Waals surface area contributed by atoms with Crippen LogP contribution in [0.3, 0.4) is 0 Å². The van der Waals surface area contributed by atoms with E-state index in [1.54, 1.807) is 0 Å². The van der Waals surface area contributed by atoms with Gasteiger partial charge in [-0.3, -0.25) is 4.98 Å². The molecule has 0 aliphatic rings. The quantitative estimate of drug-likeness (QED) is 0.849. The normalized spacial score (nSPS) is 12.4. The van der Waals surface area contributed by atoms with Crippen molar-refractivity contribution in [3.63, 3.8) is 0 Å². The van der Waals surface area contributed by atoms with E-state index in [1.807, 2.05) is 31.5 Å². The number of benzene rings is 1. The summed E-state index contributed by atoms with van der Waals surface area (Å²) in [6.07, 6.45) is 4.60. The topological polar surface area (TPSA) is 38.9 Å². The second-order valence-electron chi connectivity index (χ2n) is 4.06. The summed E-state index contributed by atoms with van der Waals surface area (Å²) in [5, 5.41) is 0. The Morgan fingerprint density at radius 3 is 2.12 bits per heavy atom. The van der Waals surface area contributed by atoms with E-state index in [4.69, 9.17) is 5.73 Å². The molecule has 1 aromatic heterocycles. The van der Waals surface area contributed by atoms with Gasteiger partial charge in [0.1, 0.15) is 0 Å². The smallest absolute Gasteiger partial charge is 0.0270 e. The zero-order chi connectivity index (χ0) is 11.4. The third kappa shape index (κ3) is 2.67. The van der Waals surface area contributed by atoms with Gasteiger partial charge < -0.3 is 5.73 Å². The highest BCUT2D eigenvalue weighted by molar-refractivity contribution is 5.28. The highest BCUT2D eigenvalue weighted by Crippen LogP contribution is 2.13. The van der Waals surface area contributed by atoms with E-state index in [-0.39, 0.29) is 6.04 Å². The van der Waals surface area contributed by atoms with Gasteiger partial charge in [0.25, 0.3) is 0 Å². The summed E-state index contributed by atoms with van der Waals surface area (Å²) in [6, 6.07) is 12.7. The molecule has 2 nitrogen and oxygen atoms in total. The molecule has 16 heavy (non-hydrogen) atoms. The van der Waals surface area contributed by atoms with Gasteiger partial charge in [0.2, 0.25) is 0 Å². The van der Waals surface area contributed by atoms with Crippen LogP contribution in [0.4, 0.5) is 0 Å². The molecule has 1 heterocycles. The Morgan fingerprint density at radius 2 is 1.56 bits per heavy atom. The molecule has 0 aliphatic heterocycles. The predicted octanol–water partition coefficient (Wildman–Crippen LogP) is 2.69. The summed E-state index contributed by atoms with van der Waals surface area (Å²) in [6.45, 7) is 2.00. The van der Waals surface area contributed by atoms with Gasteiger partial charge >= 0.3 is 0 Å². The van der Waals surface area contributed by atoms with Gasteiger partial charge in [-0.2, -0.15) is 0 Å². The molecule has 2 rings (SSSR count). The number of rotatable bonds is 3. The van der Waals surface area contributed by atoms with E-state index in [2.05, 4.69) is 29.2 Å². The summed E-state index contributed by atoms with van der Waals surface area (Å²) in [5.74, 6) is 0. The van der Waals surface area contributed by atoms with Gasteiger partial charge in [-0.15, -0.1) is 0 Å². The molecular weight excluding hydrogens is 196 g/mol. The molecule has 0 spiro atoms. The van der Waals surface area contributed by atoms with Crippen molar-refractivity contribution in [3.05, 3.63) is 65.5 Å². The van der Waals surface area contributed by atoms with Crippen molar-refractivity contribution in [2.45, 2.75) is 19.4 Å². The number of hydrogen-bond donors (Lipinski definition) is 1. The van der Waals surface area contributed by atoms with E-state index >= 15 is 0 Å². The van der Waals surface area contributed by atoms with Crippen molar-refractivity contribution in [3.8, 4) is 0 Å². The zero-order valence-electron chi connectivity index (χ0n) is 9.43. The van der Waals surface area contributed by atoms with Crippen LogP contribution in [0.1, 0.15) is 29.7 Å². The standard InChI is InChI=1S/C14H16N2/c1-11(15)14-4-2-12(3-5-14)10-13-6-8-16-9-7-13/h2-9,11H,10,15H2,1H3. The summed E-state index contributed by atoms with van der Waals surface area (Å²) in [7, 11) is 0. The van der Waals surface area contributed by atoms with Gasteiger partial charge in [-0.25, -0.2) is 0 Å². The molecular formula is C14H16N2. The first-order chi connectivity index (χ1) is 7.75. The Labute approximate surface area is 96.1 Å². The maximum atomic E-state index is 5.81. The lowest BCUT2D eigenvalue weighted by Crippen LogP contribution is -2.04. The molecule has 1 unspecified atom stereocenters. The fourth-order valence-electron chi connectivity index (χ4n) is 1.68. The lowest BCUT2D eigenvalue weighted by molar-refractivity contribution is 0.817. The van der Waals surface area contributed by atoms with Crippen LogP contribution in [0.15, 0.2) is 48.8 Å². The Hall–Kier alpha value is -1.67. The number of pyridine rings is 1. The van der Waals surface area contributed by atoms with Crippen molar-refractivity contribution < 1.29 is 0 Å². The van der Waals surface area contributed by atoms with Crippen molar-refractivity contribution in [1.29, 1.82) is 0 Å². The van der Waals surface area contributed by atoms with Crippen LogP contribution in [0, 0.1) is 0 Å². The summed E-state index contributed by atoms with van der Waals surface area (Å²) in [5.41, 5.74) is 9.57. The van der Waals surface area contributed by atoms with Gasteiger partial charge in [-0.1, -0.05) is 24.3 Å². The first kappa shape index (κ1) is 10.8. The summed E-state index contributed by atoms with van der Waals surface area (Å²) >= 11 is 0. The Morgan fingerprint density at radius 1 is 1.00 bits per heavy atom. The maximum Gasteiger partial charge on any atom is 0.0270 e. The van der Waals surface area contributed by atoms with Gasteiger partial charge in [0.05, 0.1) is 0 Å². The third-order valence-corrected chi connectivity index (χ3v) is 2.66. The minimum atomic E-state index is 0.106. The molecule has 0 amide bonds. The average Bonchev–Trinajstić information content (AvgIpc) is 2.31. The van der Waals surface area contributed by atoms with E-state index in [1.165, 1.54) is 16.7 Å². The van der Waals surface area contributed by atoms with Gasteiger partial charge in [0.15, 0.2) is 0 Å². The Kier molecular flexibility index (Phi) is 3.32. The lowest BCUT2D eigenvalue weighted by Gasteiger charge is -2.07. The number of nitrogens with zero attached hydrogens (tertiary/aromatic N) is 1. The minimum absolute atomic E-state index is 0.106. The monoisotopic (exact) mass is 212 g/mol. The SMILES string of the molecule is CC(N)c1ccc(Cc2ccncc2)cc1. The molecule has 1 atom stereocenters. The first-order valence-corrected chi connectivity index (χ1v) is 5.49. The number of nitrogens with two attached hydrogens (primary N) is 1. The zero-order valence-corrected chi connectivity index (χ0v) is 9.43. The predicted molar refractivity (Wildman–Crippen MR) is 66.1 cm³/mol. The number of aromatic nitrogens is 1. The molecule has 2 heteroatoms. The molecule has 0 fully saturated rings. The Bertz CT molecular complexity index is 432. The van der Waals surface area contributed by atoms with Crippen molar-refractivity contribution in [2.24, 2.45) is 5.73 Å². The highest BCUT2D eigenvalue weighted by Gasteiger charge is 1.99. The fourth-order valence-corrected chi connectivity index (χ4v) is 1.68. The van der Waals surface area contributed by atoms with Crippen LogP contribution < -0.4 is 5.73 Å². The van der Waals surface area contributed by atoms with Crippen LogP contribution >= 0.6 is 0 Å². The van der Waals surface area contributed by atoms with Crippen LogP contribution in [0.2, 0.25) is 0 Å². The van der Waals surface area contributed by atoms with Crippen molar-refractivity contribution >= 4 is 0 Å². The van der Waals surface area contributed by atoms with E-state index in [0.717, 1.165) is 6.42 Å². The lowest BCUT2D eigenvalue weighted by atomic mass is 10.0. The largest absolute Gasteiger partial charge is 0.324 e.